The third kappa shape index (κ3) is 11.0. The maximum atomic E-state index is 15.5. The summed E-state index contributed by atoms with van der Waals surface area (Å²) in [6.45, 7) is 18.8. The first-order valence-corrected chi connectivity index (χ1v) is 21.2. The minimum Gasteiger partial charge on any atom is -0.380 e. The fourth-order valence-corrected chi connectivity index (χ4v) is 7.81. The highest BCUT2D eigenvalue weighted by molar-refractivity contribution is 6.04. The number of hydrogen-bond donors (Lipinski definition) is 3. The molecule has 0 spiro atoms. The van der Waals surface area contributed by atoms with Crippen LogP contribution in [-0.4, -0.2) is 110 Å². The maximum Gasteiger partial charge on any atom is 0.276 e. The van der Waals surface area contributed by atoms with Crippen LogP contribution in [0.3, 0.4) is 0 Å². The molecule has 14 nitrogen and oxygen atoms in total. The van der Waals surface area contributed by atoms with Crippen LogP contribution in [-0.2, 0) is 36.8 Å². The minimum atomic E-state index is -1.49. The van der Waals surface area contributed by atoms with Crippen LogP contribution in [0.15, 0.2) is 42.7 Å². The van der Waals surface area contributed by atoms with Gasteiger partial charge in [0.2, 0.25) is 17.7 Å². The molecule has 3 aliphatic rings. The summed E-state index contributed by atoms with van der Waals surface area (Å²) in [5.74, 6) is -1.16. The number of rotatable bonds is 15. The molecule has 59 heavy (non-hydrogen) atoms. The number of nitrogens with one attached hydrogen (secondary N) is 3. The van der Waals surface area contributed by atoms with Crippen molar-refractivity contribution in [2.45, 2.75) is 125 Å². The van der Waals surface area contributed by atoms with Crippen LogP contribution in [0.25, 0.3) is 0 Å². The van der Waals surface area contributed by atoms with Crippen LogP contribution in [0, 0.1) is 17.3 Å². The van der Waals surface area contributed by atoms with Crippen molar-refractivity contribution < 1.29 is 33.1 Å². The highest BCUT2D eigenvalue weighted by Gasteiger charge is 2.48. The number of benzene rings is 1. The maximum absolute atomic E-state index is 15.5. The first kappa shape index (κ1) is 46.8. The number of carbonyl (C=O) groups is 5. The van der Waals surface area contributed by atoms with Gasteiger partial charge in [-0.3, -0.25) is 29.0 Å². The fourth-order valence-electron chi connectivity index (χ4n) is 7.81. The molecule has 0 saturated carbocycles. The zero-order chi connectivity index (χ0) is 43.5. The lowest BCUT2D eigenvalue weighted by Gasteiger charge is -2.43. The van der Waals surface area contributed by atoms with Gasteiger partial charge in [0, 0.05) is 61.3 Å². The molecule has 1 aliphatic carbocycles. The molecule has 6 rings (SSSR count). The monoisotopic (exact) mass is 821 g/mol. The summed E-state index contributed by atoms with van der Waals surface area (Å²) in [6.07, 6.45) is 6.27. The Morgan fingerprint density at radius 3 is 2.36 bits per heavy atom. The summed E-state index contributed by atoms with van der Waals surface area (Å²) in [5.41, 5.74) is 0.964. The molecule has 4 unspecified atom stereocenters. The summed E-state index contributed by atoms with van der Waals surface area (Å²) in [4.78, 5) is 66.8. The largest absolute Gasteiger partial charge is 0.380 e. The lowest BCUT2D eigenvalue weighted by Crippen LogP contribution is -2.53. The number of ether oxygens (including phenoxy) is 1. The van der Waals surface area contributed by atoms with Crippen molar-refractivity contribution in [3.8, 4) is 0 Å². The molecule has 2 saturated heterocycles. The lowest BCUT2D eigenvalue weighted by molar-refractivity contribution is -0.140. The van der Waals surface area contributed by atoms with E-state index in [0.717, 1.165) is 24.0 Å². The van der Waals surface area contributed by atoms with Crippen LogP contribution in [0.1, 0.15) is 121 Å². The van der Waals surface area contributed by atoms with Crippen LogP contribution < -0.4 is 10.6 Å². The van der Waals surface area contributed by atoms with E-state index >= 15 is 4.39 Å². The topological polar surface area (TPSA) is 172 Å². The Bertz CT molecular complexity index is 1870. The number of aromatic amines is 1. The number of nitrogens with zero attached hydrogens (tertiary/aromatic N) is 5. The molecule has 2 aromatic heterocycles. The van der Waals surface area contributed by atoms with E-state index in [-0.39, 0.29) is 73.8 Å². The van der Waals surface area contributed by atoms with Gasteiger partial charge in [-0.1, -0.05) is 85.7 Å². The van der Waals surface area contributed by atoms with E-state index in [0.29, 0.717) is 43.7 Å². The Morgan fingerprint density at radius 2 is 1.69 bits per heavy atom. The van der Waals surface area contributed by atoms with Gasteiger partial charge in [-0.15, -0.1) is 0 Å². The predicted molar refractivity (Wildman–Crippen MR) is 224 cm³/mol. The van der Waals surface area contributed by atoms with Crippen molar-refractivity contribution in [1.29, 1.82) is 0 Å². The SMILES string of the molecule is CC.CC.CC(C)C(NC(=O)CCOCCC(=O)N1CC(C(c2ccccc2)n2cc(NC(=O)c3n[nH]c4c3CC(C)(F)C(C)(C)C4)cn2)C1)C(=O)N1CCCC1C=O. The van der Waals surface area contributed by atoms with Crippen molar-refractivity contribution in [3.05, 3.63) is 65.2 Å². The molecule has 0 radical (unpaired) electrons. The Balaban J connectivity index is 0.00000186. The number of anilines is 1. The normalized spacial score (nSPS) is 20.5. The Kier molecular flexibility index (Phi) is 16.5. The van der Waals surface area contributed by atoms with Crippen LogP contribution in [0.5, 0.6) is 0 Å². The van der Waals surface area contributed by atoms with Gasteiger partial charge < -0.3 is 30.0 Å². The number of halogens is 1. The van der Waals surface area contributed by atoms with Crippen molar-refractivity contribution in [1.82, 2.24) is 35.1 Å². The molecule has 0 bridgehead atoms. The number of amides is 4. The molecular formula is C44H65FN8O6. The van der Waals surface area contributed by atoms with E-state index in [1.165, 1.54) is 0 Å². The zero-order valence-electron chi connectivity index (χ0n) is 36.3. The molecule has 2 aliphatic heterocycles. The average molecular weight is 821 g/mol. The number of alkyl halides is 1. The van der Waals surface area contributed by atoms with Gasteiger partial charge in [0.15, 0.2) is 5.69 Å². The van der Waals surface area contributed by atoms with Crippen molar-refractivity contribution in [2.24, 2.45) is 17.3 Å². The van der Waals surface area contributed by atoms with Gasteiger partial charge >= 0.3 is 0 Å². The number of hydrogen-bond acceptors (Lipinski definition) is 8. The van der Waals surface area contributed by atoms with Crippen LogP contribution >= 0.6 is 0 Å². The molecular weight excluding hydrogens is 756 g/mol. The summed E-state index contributed by atoms with van der Waals surface area (Å²) in [5, 5.41) is 17.5. The molecule has 3 aromatic rings. The van der Waals surface area contributed by atoms with Gasteiger partial charge in [0.25, 0.3) is 5.91 Å². The first-order valence-electron chi connectivity index (χ1n) is 21.2. The number of H-pyrrole nitrogens is 1. The van der Waals surface area contributed by atoms with E-state index in [4.69, 9.17) is 4.74 Å². The quantitative estimate of drug-likeness (QED) is 0.125. The molecule has 2 fully saturated rings. The van der Waals surface area contributed by atoms with E-state index in [2.05, 4.69) is 25.9 Å². The molecule has 324 valence electrons. The molecule has 4 heterocycles. The Hall–Kier alpha value is -4.92. The van der Waals surface area contributed by atoms with Crippen molar-refractivity contribution >= 4 is 35.6 Å². The van der Waals surface area contributed by atoms with Gasteiger partial charge in [-0.25, -0.2) is 4.39 Å². The number of carbonyl (C=O) groups excluding carboxylic acids is 5. The summed E-state index contributed by atoms with van der Waals surface area (Å²) < 4.78 is 23.0. The number of aromatic nitrogens is 4. The highest BCUT2D eigenvalue weighted by atomic mass is 19.1. The zero-order valence-corrected chi connectivity index (χ0v) is 36.3. The van der Waals surface area contributed by atoms with E-state index in [1.807, 2.05) is 85.7 Å². The smallest absolute Gasteiger partial charge is 0.276 e. The first-order chi connectivity index (χ1) is 28.2. The van der Waals surface area contributed by atoms with Crippen LogP contribution in [0.4, 0.5) is 10.1 Å². The van der Waals surface area contributed by atoms with E-state index in [9.17, 15) is 24.0 Å². The molecule has 4 atom stereocenters. The predicted octanol–water partition coefficient (Wildman–Crippen LogP) is 5.94. The molecule has 4 amide bonds. The number of fused-ring (bicyclic) bond motifs is 1. The third-order valence-corrected chi connectivity index (χ3v) is 11.6. The summed E-state index contributed by atoms with van der Waals surface area (Å²) >= 11 is 0. The third-order valence-electron chi connectivity index (χ3n) is 11.6. The summed E-state index contributed by atoms with van der Waals surface area (Å²) in [6, 6.07) is 8.49. The summed E-state index contributed by atoms with van der Waals surface area (Å²) in [7, 11) is 0. The van der Waals surface area contributed by atoms with Gasteiger partial charge in [0.1, 0.15) is 18.0 Å². The van der Waals surface area contributed by atoms with Gasteiger partial charge in [0.05, 0.1) is 43.6 Å². The highest BCUT2D eigenvalue weighted by Crippen LogP contribution is 2.45. The number of aldehydes is 1. The average Bonchev–Trinajstić information content (AvgIpc) is 3.96. The van der Waals surface area contributed by atoms with E-state index in [1.54, 1.807) is 33.8 Å². The van der Waals surface area contributed by atoms with Crippen molar-refractivity contribution in [2.75, 3.05) is 38.2 Å². The standard InChI is InChI=1S/C40H53FN8O6.2C2H6/c1-25(2)34(38(54)48-15-9-12-29(48)24-50)44-32(51)13-16-55-17-14-33(52)47-21-27(22-47)36(26-10-7-6-8-11-26)49-23-28(20-42-49)43-37(53)35-30-18-40(5,41)39(3,4)19-31(30)45-46-35;2*1-2/h6-8,10-11,20,23-25,27,29,34,36H,9,12-19,21-22H2,1-5H3,(H,43,53)(H,44,51)(H,45,46);2*1-2H3. The Morgan fingerprint density at radius 1 is 1.02 bits per heavy atom. The van der Waals surface area contributed by atoms with Crippen LogP contribution in [0.2, 0.25) is 0 Å². The molecule has 3 N–H and O–H groups in total. The number of likely N-dealkylation sites (tertiary alicyclic amines) is 2. The fraction of sp³-hybridized carbons (Fsp3) is 0.614. The second kappa shape index (κ2) is 20.9. The van der Waals surface area contributed by atoms with Gasteiger partial charge in [-0.05, 0) is 37.7 Å². The second-order valence-electron chi connectivity index (χ2n) is 16.3. The Labute approximate surface area is 348 Å². The molecule has 15 heteroatoms. The van der Waals surface area contributed by atoms with Crippen molar-refractivity contribution in [3.63, 3.8) is 0 Å². The second-order valence-corrected chi connectivity index (χ2v) is 16.3. The lowest BCUT2D eigenvalue weighted by atomic mass is 9.67. The van der Waals surface area contributed by atoms with Gasteiger partial charge in [-0.2, -0.15) is 10.2 Å². The minimum absolute atomic E-state index is 0.0396. The van der Waals surface area contributed by atoms with E-state index < -0.39 is 29.1 Å². The molecule has 1 aromatic carbocycles.